The fourth-order valence-corrected chi connectivity index (χ4v) is 3.55. The largest absolute Gasteiger partial charge is 0.368 e. The Kier molecular flexibility index (Phi) is 6.83. The Balaban J connectivity index is 1.82. The minimum Gasteiger partial charge on any atom is -0.368 e. The molecule has 0 atom stereocenters. The van der Waals surface area contributed by atoms with Crippen molar-refractivity contribution in [1.82, 2.24) is 4.90 Å². The van der Waals surface area contributed by atoms with Gasteiger partial charge < -0.3 is 9.80 Å². The van der Waals surface area contributed by atoms with Crippen molar-refractivity contribution in [2.75, 3.05) is 31.1 Å². The Morgan fingerprint density at radius 3 is 2.14 bits per heavy atom. The smallest absolute Gasteiger partial charge is 0.129 e. The third kappa shape index (κ3) is 5.12. The van der Waals surface area contributed by atoms with Crippen LogP contribution in [0.3, 0.4) is 0 Å². The lowest BCUT2D eigenvalue weighted by atomic mass is 10.1. The van der Waals surface area contributed by atoms with E-state index in [1.54, 1.807) is 6.08 Å². The van der Waals surface area contributed by atoms with Crippen molar-refractivity contribution in [2.24, 2.45) is 0 Å². The Labute approximate surface area is 181 Å². The fourth-order valence-electron chi connectivity index (χ4n) is 3.26. The maximum Gasteiger partial charge on any atom is 0.129 e. The summed E-state index contributed by atoms with van der Waals surface area (Å²) in [7, 11) is 0. The molecule has 4 nitrogen and oxygen atoms in total. The van der Waals surface area contributed by atoms with Gasteiger partial charge in [0.15, 0.2) is 0 Å². The summed E-state index contributed by atoms with van der Waals surface area (Å²) < 4.78 is 0. The summed E-state index contributed by atoms with van der Waals surface area (Å²) in [4.78, 5) is 4.55. The average molecular weight is 423 g/mol. The second kappa shape index (κ2) is 9.52. The number of nitrogens with zero attached hydrogens (tertiary/aromatic N) is 4. The summed E-state index contributed by atoms with van der Waals surface area (Å²) in [6, 6.07) is 17.8. The molecule has 29 heavy (non-hydrogen) atoms. The lowest BCUT2D eigenvalue weighted by Crippen LogP contribution is -2.45. The van der Waals surface area contributed by atoms with Crippen LogP contribution in [-0.4, -0.2) is 31.1 Å². The van der Waals surface area contributed by atoms with E-state index >= 15 is 0 Å². The van der Waals surface area contributed by atoms with Crippen LogP contribution in [0, 0.1) is 29.6 Å². The fraction of sp³-hybridized carbons (Fsp3) is 0.217. The van der Waals surface area contributed by atoms with Gasteiger partial charge in [0.25, 0.3) is 0 Å². The topological polar surface area (TPSA) is 54.1 Å². The minimum atomic E-state index is 0.0871. The zero-order valence-electron chi connectivity index (χ0n) is 16.1. The van der Waals surface area contributed by atoms with Gasteiger partial charge in [-0.3, -0.25) is 0 Å². The molecule has 1 fully saturated rings. The lowest BCUT2D eigenvalue weighted by molar-refractivity contribution is 0.367. The van der Waals surface area contributed by atoms with E-state index in [1.165, 1.54) is 5.56 Å². The second-order valence-corrected chi connectivity index (χ2v) is 7.61. The van der Waals surface area contributed by atoms with Crippen LogP contribution in [0.4, 0.5) is 5.69 Å². The van der Waals surface area contributed by atoms with Gasteiger partial charge in [0.05, 0.1) is 10.0 Å². The van der Waals surface area contributed by atoms with E-state index in [1.807, 2.05) is 43.3 Å². The quantitative estimate of drug-likeness (QED) is 0.486. The van der Waals surface area contributed by atoms with Crippen molar-refractivity contribution in [3.05, 3.63) is 81.4 Å². The first-order chi connectivity index (χ1) is 14.0. The summed E-state index contributed by atoms with van der Waals surface area (Å²) in [6.07, 6.45) is 3.45. The summed E-state index contributed by atoms with van der Waals surface area (Å²) in [5.74, 6) is 0. The van der Waals surface area contributed by atoms with Crippen LogP contribution < -0.4 is 4.90 Å². The number of hydrogen-bond acceptors (Lipinski definition) is 4. The van der Waals surface area contributed by atoms with Crippen molar-refractivity contribution in [2.45, 2.75) is 6.92 Å². The average Bonchev–Trinajstić information content (AvgIpc) is 2.74. The predicted molar refractivity (Wildman–Crippen MR) is 119 cm³/mol. The van der Waals surface area contributed by atoms with E-state index in [0.29, 0.717) is 10.0 Å². The second-order valence-electron chi connectivity index (χ2n) is 6.79. The van der Waals surface area contributed by atoms with E-state index in [9.17, 15) is 0 Å². The number of halogens is 2. The molecule has 2 aromatic rings. The number of nitriles is 2. The van der Waals surface area contributed by atoms with Crippen molar-refractivity contribution < 1.29 is 0 Å². The van der Waals surface area contributed by atoms with Gasteiger partial charge in [-0.1, -0.05) is 53.0 Å². The number of anilines is 1. The zero-order valence-corrected chi connectivity index (χ0v) is 17.6. The predicted octanol–water partition coefficient (Wildman–Crippen LogP) is 5.44. The monoisotopic (exact) mass is 422 g/mol. The van der Waals surface area contributed by atoms with Crippen LogP contribution >= 0.6 is 23.2 Å². The van der Waals surface area contributed by atoms with Gasteiger partial charge in [-0.2, -0.15) is 10.5 Å². The van der Waals surface area contributed by atoms with Gasteiger partial charge in [-0.25, -0.2) is 0 Å². The Morgan fingerprint density at radius 2 is 1.55 bits per heavy atom. The molecule has 0 aliphatic carbocycles. The summed E-state index contributed by atoms with van der Waals surface area (Å²) in [5, 5.41) is 19.2. The highest BCUT2D eigenvalue weighted by Crippen LogP contribution is 2.29. The molecule has 1 aliphatic rings. The number of aryl methyl sites for hydroxylation is 1. The van der Waals surface area contributed by atoms with Crippen LogP contribution in [0.25, 0.3) is 5.70 Å². The summed E-state index contributed by atoms with van der Waals surface area (Å²) >= 11 is 12.2. The molecule has 2 aromatic carbocycles. The van der Waals surface area contributed by atoms with E-state index in [0.717, 1.165) is 43.1 Å². The van der Waals surface area contributed by atoms with Gasteiger partial charge >= 0.3 is 0 Å². The number of piperazine rings is 1. The van der Waals surface area contributed by atoms with Crippen molar-refractivity contribution >= 4 is 34.6 Å². The van der Waals surface area contributed by atoms with Gasteiger partial charge in [-0.05, 0) is 42.8 Å². The Morgan fingerprint density at radius 1 is 0.897 bits per heavy atom. The van der Waals surface area contributed by atoms with Crippen molar-refractivity contribution in [1.29, 1.82) is 10.5 Å². The molecular formula is C23H20Cl2N4. The standard InChI is InChI=1S/C23H20Cl2N4/c1-17-2-5-19(6-3-17)23(9-4-18(15-26)16-27)29-12-10-28(11-13-29)20-7-8-21(24)22(25)14-20/h2-9,14H,10-13H2,1H3/b23-9-. The molecular weight excluding hydrogens is 403 g/mol. The number of rotatable bonds is 4. The Hall–Kier alpha value is -2.92. The number of allylic oxidation sites excluding steroid dienone is 3. The van der Waals surface area contributed by atoms with Gasteiger partial charge in [0, 0.05) is 37.6 Å². The zero-order chi connectivity index (χ0) is 20.8. The summed E-state index contributed by atoms with van der Waals surface area (Å²) in [6.45, 7) is 5.32. The highest BCUT2D eigenvalue weighted by Gasteiger charge is 2.20. The van der Waals surface area contributed by atoms with E-state index in [4.69, 9.17) is 33.7 Å². The molecule has 1 heterocycles. The van der Waals surface area contributed by atoms with Crippen molar-refractivity contribution in [3.63, 3.8) is 0 Å². The molecule has 3 rings (SSSR count). The maximum atomic E-state index is 9.05. The molecule has 0 unspecified atom stereocenters. The van der Waals surface area contributed by atoms with Crippen LogP contribution in [0.2, 0.25) is 10.0 Å². The third-order valence-electron chi connectivity index (χ3n) is 4.88. The van der Waals surface area contributed by atoms with Crippen LogP contribution in [-0.2, 0) is 0 Å². The SMILES string of the molecule is Cc1ccc(/C(=C/C=C(C#N)C#N)N2CCN(c3ccc(Cl)c(Cl)c3)CC2)cc1. The molecule has 0 radical (unpaired) electrons. The molecule has 0 aromatic heterocycles. The number of benzene rings is 2. The minimum absolute atomic E-state index is 0.0871. The van der Waals surface area contributed by atoms with E-state index in [2.05, 4.69) is 34.1 Å². The van der Waals surface area contributed by atoms with Crippen molar-refractivity contribution in [3.8, 4) is 12.1 Å². The molecule has 0 spiro atoms. The molecule has 1 aliphatic heterocycles. The van der Waals surface area contributed by atoms with E-state index < -0.39 is 0 Å². The van der Waals surface area contributed by atoms with Gasteiger partial charge in [0.2, 0.25) is 0 Å². The van der Waals surface area contributed by atoms with E-state index in [-0.39, 0.29) is 5.57 Å². The van der Waals surface area contributed by atoms with Gasteiger partial charge in [0.1, 0.15) is 17.7 Å². The molecule has 6 heteroatoms. The molecule has 0 N–H and O–H groups in total. The highest BCUT2D eigenvalue weighted by molar-refractivity contribution is 6.42. The molecule has 0 amide bonds. The highest BCUT2D eigenvalue weighted by atomic mass is 35.5. The molecule has 1 saturated heterocycles. The summed E-state index contributed by atoms with van der Waals surface area (Å²) in [5.41, 5.74) is 4.38. The third-order valence-corrected chi connectivity index (χ3v) is 5.62. The van der Waals surface area contributed by atoms with Crippen LogP contribution in [0.1, 0.15) is 11.1 Å². The first-order valence-electron chi connectivity index (χ1n) is 9.26. The lowest BCUT2D eigenvalue weighted by Gasteiger charge is -2.38. The molecule has 146 valence electrons. The first-order valence-corrected chi connectivity index (χ1v) is 10.0. The molecule has 0 bridgehead atoms. The first kappa shape index (κ1) is 20.8. The van der Waals surface area contributed by atoms with Crippen LogP contribution in [0.5, 0.6) is 0 Å². The molecule has 0 saturated carbocycles. The number of hydrogen-bond donors (Lipinski definition) is 0. The van der Waals surface area contributed by atoms with Crippen LogP contribution in [0.15, 0.2) is 60.2 Å². The Bertz CT molecular complexity index is 1000. The maximum absolute atomic E-state index is 9.05. The normalized spacial score (nSPS) is 14.2. The van der Waals surface area contributed by atoms with Gasteiger partial charge in [-0.15, -0.1) is 0 Å².